The third-order valence-corrected chi connectivity index (χ3v) is 3.13. The van der Waals surface area contributed by atoms with Crippen LogP contribution >= 0.6 is 0 Å². The highest BCUT2D eigenvalue weighted by Gasteiger charge is 2.33. The van der Waals surface area contributed by atoms with Crippen LogP contribution in [0.15, 0.2) is 12.4 Å². The Morgan fingerprint density at radius 2 is 2.18 bits per heavy atom. The smallest absolute Gasteiger partial charge is 0.306 e. The van der Waals surface area contributed by atoms with Gasteiger partial charge in [0.25, 0.3) is 0 Å². The molecule has 1 aromatic heterocycles. The molecule has 1 saturated carbocycles. The first-order valence-electron chi connectivity index (χ1n) is 5.58. The van der Waals surface area contributed by atoms with E-state index in [1.54, 1.807) is 24.1 Å². The van der Waals surface area contributed by atoms with Gasteiger partial charge in [0.1, 0.15) is 0 Å². The Bertz CT molecular complexity index is 441. The van der Waals surface area contributed by atoms with Gasteiger partial charge in [-0.1, -0.05) is 0 Å². The predicted octanol–water partition coefficient (Wildman–Crippen LogP) is 0.859. The fourth-order valence-electron chi connectivity index (χ4n) is 2.17. The summed E-state index contributed by atoms with van der Waals surface area (Å²) >= 11 is 0. The quantitative estimate of drug-likeness (QED) is 0.816. The third kappa shape index (κ3) is 2.64. The van der Waals surface area contributed by atoms with Crippen molar-refractivity contribution in [3.63, 3.8) is 0 Å². The highest BCUT2D eigenvalue weighted by atomic mass is 16.4. The van der Waals surface area contributed by atoms with E-state index in [0.717, 1.165) is 0 Å². The number of nitrogens with one attached hydrogen (secondary N) is 1. The number of anilines is 1. The van der Waals surface area contributed by atoms with Crippen molar-refractivity contribution in [3.8, 4) is 0 Å². The van der Waals surface area contributed by atoms with Gasteiger partial charge in [-0.05, 0) is 19.3 Å². The molecule has 0 radical (unpaired) electrons. The zero-order valence-electron chi connectivity index (χ0n) is 9.59. The lowest BCUT2D eigenvalue weighted by Gasteiger charge is -2.08. The molecule has 1 fully saturated rings. The number of hydrogen-bond acceptors (Lipinski definition) is 3. The molecule has 1 aromatic rings. The van der Waals surface area contributed by atoms with Crippen LogP contribution in [-0.4, -0.2) is 26.8 Å². The third-order valence-electron chi connectivity index (χ3n) is 3.13. The average Bonchev–Trinajstić information content (AvgIpc) is 2.86. The number of carboxylic acids is 1. The Kier molecular flexibility index (Phi) is 3.12. The molecule has 17 heavy (non-hydrogen) atoms. The maximum Gasteiger partial charge on any atom is 0.306 e. The van der Waals surface area contributed by atoms with Crippen molar-refractivity contribution in [1.29, 1.82) is 0 Å². The first-order chi connectivity index (χ1) is 8.06. The second-order valence-corrected chi connectivity index (χ2v) is 4.44. The lowest BCUT2D eigenvalue weighted by molar-refractivity contribution is -0.141. The molecule has 0 unspecified atom stereocenters. The predicted molar refractivity (Wildman–Crippen MR) is 60.3 cm³/mol. The van der Waals surface area contributed by atoms with E-state index >= 15 is 0 Å². The van der Waals surface area contributed by atoms with Gasteiger partial charge in [-0.3, -0.25) is 14.3 Å². The fraction of sp³-hybridized carbons (Fsp3) is 0.545. The number of aromatic nitrogens is 2. The van der Waals surface area contributed by atoms with E-state index in [1.165, 1.54) is 0 Å². The van der Waals surface area contributed by atoms with E-state index in [9.17, 15) is 9.59 Å². The van der Waals surface area contributed by atoms with Crippen LogP contribution in [0, 0.1) is 11.8 Å². The van der Waals surface area contributed by atoms with Gasteiger partial charge < -0.3 is 10.4 Å². The summed E-state index contributed by atoms with van der Waals surface area (Å²) in [6.07, 6.45) is 4.94. The molecule has 2 N–H and O–H groups in total. The van der Waals surface area contributed by atoms with Crippen molar-refractivity contribution in [1.82, 2.24) is 9.78 Å². The lowest BCUT2D eigenvalue weighted by atomic mass is 10.0. The van der Waals surface area contributed by atoms with Crippen molar-refractivity contribution < 1.29 is 14.7 Å². The zero-order valence-corrected chi connectivity index (χ0v) is 9.59. The molecule has 2 atom stereocenters. The molecule has 0 spiro atoms. The van der Waals surface area contributed by atoms with Crippen LogP contribution in [0.25, 0.3) is 0 Å². The van der Waals surface area contributed by atoms with Crippen molar-refractivity contribution in [2.45, 2.75) is 19.3 Å². The van der Waals surface area contributed by atoms with Crippen molar-refractivity contribution >= 4 is 17.6 Å². The molecule has 1 heterocycles. The molecule has 0 aromatic carbocycles. The highest BCUT2D eigenvalue weighted by Crippen LogP contribution is 2.31. The van der Waals surface area contributed by atoms with Gasteiger partial charge in [0.2, 0.25) is 5.91 Å². The molecule has 6 heteroatoms. The number of carbonyl (C=O) groups excluding carboxylic acids is 1. The largest absolute Gasteiger partial charge is 0.481 e. The van der Waals surface area contributed by atoms with Gasteiger partial charge in [0, 0.05) is 19.2 Å². The summed E-state index contributed by atoms with van der Waals surface area (Å²) in [5.74, 6) is -1.49. The minimum atomic E-state index is -0.804. The molecule has 2 rings (SSSR count). The van der Waals surface area contributed by atoms with Crippen LogP contribution in [0.1, 0.15) is 19.3 Å². The monoisotopic (exact) mass is 237 g/mol. The van der Waals surface area contributed by atoms with Gasteiger partial charge >= 0.3 is 5.97 Å². The van der Waals surface area contributed by atoms with E-state index < -0.39 is 5.97 Å². The Balaban J connectivity index is 1.91. The van der Waals surface area contributed by atoms with E-state index in [1.807, 2.05) is 0 Å². The average molecular weight is 237 g/mol. The molecule has 1 amide bonds. The van der Waals surface area contributed by atoms with Crippen LogP contribution < -0.4 is 5.32 Å². The first kappa shape index (κ1) is 11.6. The topological polar surface area (TPSA) is 84.2 Å². The van der Waals surface area contributed by atoms with Crippen LogP contribution in [-0.2, 0) is 16.6 Å². The first-order valence-corrected chi connectivity index (χ1v) is 5.58. The summed E-state index contributed by atoms with van der Waals surface area (Å²) < 4.78 is 1.60. The van der Waals surface area contributed by atoms with E-state index in [4.69, 9.17) is 5.11 Å². The molecule has 0 aliphatic heterocycles. The number of amides is 1. The maximum absolute atomic E-state index is 11.9. The summed E-state index contributed by atoms with van der Waals surface area (Å²) in [7, 11) is 1.77. The number of rotatable bonds is 3. The summed E-state index contributed by atoms with van der Waals surface area (Å²) in [5, 5.41) is 15.6. The molecule has 0 saturated heterocycles. The second kappa shape index (κ2) is 4.57. The molecule has 0 bridgehead atoms. The fourth-order valence-corrected chi connectivity index (χ4v) is 2.17. The Morgan fingerprint density at radius 1 is 1.47 bits per heavy atom. The minimum absolute atomic E-state index is 0.109. The summed E-state index contributed by atoms with van der Waals surface area (Å²) in [4.78, 5) is 22.6. The summed E-state index contributed by atoms with van der Waals surface area (Å²) in [6.45, 7) is 0. The van der Waals surface area contributed by atoms with Gasteiger partial charge in [-0.2, -0.15) is 5.10 Å². The minimum Gasteiger partial charge on any atom is -0.481 e. The van der Waals surface area contributed by atoms with Crippen LogP contribution in [0.3, 0.4) is 0 Å². The number of aliphatic carboxylic acids is 1. The summed E-state index contributed by atoms with van der Waals surface area (Å²) in [5.41, 5.74) is 0.649. The standard InChI is InChI=1S/C11H15N3O3/c1-14-6-9(5-12-14)13-10(15)7-2-3-8(4-7)11(16)17/h5-8H,2-4H2,1H3,(H,13,15)(H,16,17)/t7-,8+/m1/s1. The molecule has 1 aliphatic rings. The Labute approximate surface area is 98.6 Å². The van der Waals surface area contributed by atoms with E-state index in [0.29, 0.717) is 24.9 Å². The summed E-state index contributed by atoms with van der Waals surface area (Å²) in [6, 6.07) is 0. The van der Waals surface area contributed by atoms with Gasteiger partial charge in [0.05, 0.1) is 17.8 Å². The van der Waals surface area contributed by atoms with Gasteiger partial charge in [-0.15, -0.1) is 0 Å². The van der Waals surface area contributed by atoms with E-state index in [2.05, 4.69) is 10.4 Å². The molecule has 1 aliphatic carbocycles. The number of aryl methyl sites for hydroxylation is 1. The number of carboxylic acid groups (broad SMARTS) is 1. The Morgan fingerprint density at radius 3 is 2.71 bits per heavy atom. The zero-order chi connectivity index (χ0) is 12.4. The van der Waals surface area contributed by atoms with Crippen LogP contribution in [0.2, 0.25) is 0 Å². The number of carbonyl (C=O) groups is 2. The number of hydrogen-bond donors (Lipinski definition) is 2. The van der Waals surface area contributed by atoms with Gasteiger partial charge in [-0.25, -0.2) is 0 Å². The van der Waals surface area contributed by atoms with Crippen LogP contribution in [0.4, 0.5) is 5.69 Å². The molecule has 92 valence electrons. The van der Waals surface area contributed by atoms with Crippen LogP contribution in [0.5, 0.6) is 0 Å². The normalized spacial score (nSPS) is 23.6. The van der Waals surface area contributed by atoms with Crippen molar-refractivity contribution in [2.24, 2.45) is 18.9 Å². The molecular weight excluding hydrogens is 222 g/mol. The Hall–Kier alpha value is -1.85. The van der Waals surface area contributed by atoms with Crippen molar-refractivity contribution in [2.75, 3.05) is 5.32 Å². The van der Waals surface area contributed by atoms with Gasteiger partial charge in [0.15, 0.2) is 0 Å². The molecular formula is C11H15N3O3. The maximum atomic E-state index is 11.9. The number of nitrogens with zero attached hydrogens (tertiary/aromatic N) is 2. The highest BCUT2D eigenvalue weighted by molar-refractivity contribution is 5.93. The second-order valence-electron chi connectivity index (χ2n) is 4.44. The van der Waals surface area contributed by atoms with E-state index in [-0.39, 0.29) is 17.7 Å². The SMILES string of the molecule is Cn1cc(NC(=O)[C@@H]2CC[C@H](C(=O)O)C2)cn1. The lowest BCUT2D eigenvalue weighted by Crippen LogP contribution is -2.21. The van der Waals surface area contributed by atoms with Crippen molar-refractivity contribution in [3.05, 3.63) is 12.4 Å². The molecule has 6 nitrogen and oxygen atoms in total.